The molecule has 1 aromatic heterocycles. The van der Waals surface area contributed by atoms with Gasteiger partial charge in [0.2, 0.25) is 5.91 Å². The topological polar surface area (TPSA) is 105 Å². The van der Waals surface area contributed by atoms with E-state index < -0.39 is 17.9 Å². The van der Waals surface area contributed by atoms with Crippen LogP contribution in [0.15, 0.2) is 35.8 Å². The number of carbonyl (C=O) groups excluding carboxylic acids is 1. The smallest absolute Gasteiger partial charge is 0.303 e. The van der Waals surface area contributed by atoms with Gasteiger partial charge in [-0.05, 0) is 18.6 Å². The number of hydrogen-bond donors (Lipinski definition) is 3. The number of rotatable bonds is 6. The summed E-state index contributed by atoms with van der Waals surface area (Å²) >= 11 is 1.51. The first kappa shape index (κ1) is 15.1. The molecule has 1 amide bonds. The molecular formula is C14H15N3O3S. The number of nitrogens with two attached hydrogens (primary N) is 1. The molecule has 2 rings (SSSR count). The quantitative estimate of drug-likeness (QED) is 0.756. The molecule has 0 fully saturated rings. The maximum absolute atomic E-state index is 11.9. The van der Waals surface area contributed by atoms with Gasteiger partial charge in [0.1, 0.15) is 5.01 Å². The molecule has 6 nitrogen and oxygen atoms in total. The number of carboxylic acids is 1. The van der Waals surface area contributed by atoms with E-state index >= 15 is 0 Å². The van der Waals surface area contributed by atoms with Gasteiger partial charge in [0.15, 0.2) is 0 Å². The highest BCUT2D eigenvalue weighted by Crippen LogP contribution is 2.24. The summed E-state index contributed by atoms with van der Waals surface area (Å²) in [6.07, 6.45) is 1.69. The molecule has 0 radical (unpaired) electrons. The van der Waals surface area contributed by atoms with Gasteiger partial charge in [-0.15, -0.1) is 11.3 Å². The van der Waals surface area contributed by atoms with Crippen molar-refractivity contribution in [3.05, 3.63) is 35.8 Å². The lowest BCUT2D eigenvalue weighted by Crippen LogP contribution is -2.36. The number of nitrogens with one attached hydrogen (secondary N) is 1. The van der Waals surface area contributed by atoms with Gasteiger partial charge in [0, 0.05) is 29.2 Å². The van der Waals surface area contributed by atoms with Gasteiger partial charge < -0.3 is 16.2 Å². The van der Waals surface area contributed by atoms with Crippen molar-refractivity contribution in [2.24, 2.45) is 5.73 Å². The zero-order chi connectivity index (χ0) is 15.2. The molecule has 4 N–H and O–H groups in total. The van der Waals surface area contributed by atoms with Crippen LogP contribution in [0.25, 0.3) is 10.6 Å². The van der Waals surface area contributed by atoms with E-state index in [0.717, 1.165) is 10.6 Å². The van der Waals surface area contributed by atoms with Gasteiger partial charge in [-0.1, -0.05) is 12.1 Å². The Balaban J connectivity index is 2.01. The molecule has 1 heterocycles. The van der Waals surface area contributed by atoms with E-state index in [2.05, 4.69) is 10.3 Å². The minimum Gasteiger partial charge on any atom is -0.481 e. The number of hydrogen-bond acceptors (Lipinski definition) is 5. The third-order valence-corrected chi connectivity index (χ3v) is 3.64. The third-order valence-electron chi connectivity index (χ3n) is 2.82. The average molecular weight is 305 g/mol. The second-order valence-electron chi connectivity index (χ2n) is 4.45. The Hall–Kier alpha value is -2.25. The third kappa shape index (κ3) is 4.37. The summed E-state index contributed by atoms with van der Waals surface area (Å²) in [6, 6.07) is 6.43. The Morgan fingerprint density at radius 2 is 2.24 bits per heavy atom. The molecule has 1 aromatic carbocycles. The Bertz CT molecular complexity index is 628. The summed E-state index contributed by atoms with van der Waals surface area (Å²) < 4.78 is 0. The molecule has 1 unspecified atom stereocenters. The number of nitrogens with zero attached hydrogens (tertiary/aromatic N) is 1. The van der Waals surface area contributed by atoms with Crippen LogP contribution in [0.2, 0.25) is 0 Å². The first-order chi connectivity index (χ1) is 10.1. The molecule has 2 aromatic rings. The first-order valence-electron chi connectivity index (χ1n) is 6.34. The molecule has 0 aliphatic rings. The van der Waals surface area contributed by atoms with E-state index in [-0.39, 0.29) is 12.8 Å². The fourth-order valence-corrected chi connectivity index (χ4v) is 2.38. The number of benzene rings is 1. The molecule has 21 heavy (non-hydrogen) atoms. The number of carboxylic acid groups (broad SMARTS) is 1. The molecule has 0 saturated heterocycles. The van der Waals surface area contributed by atoms with E-state index in [4.69, 9.17) is 10.8 Å². The van der Waals surface area contributed by atoms with Crippen LogP contribution in [0.5, 0.6) is 0 Å². The van der Waals surface area contributed by atoms with Crippen molar-refractivity contribution in [3.8, 4) is 10.6 Å². The Morgan fingerprint density at radius 3 is 2.90 bits per heavy atom. The Morgan fingerprint density at radius 1 is 1.43 bits per heavy atom. The fourth-order valence-electron chi connectivity index (χ4n) is 1.74. The highest BCUT2D eigenvalue weighted by molar-refractivity contribution is 7.13. The average Bonchev–Trinajstić information content (AvgIpc) is 2.99. The predicted octanol–water partition coefficient (Wildman–Crippen LogP) is 1.94. The molecule has 0 bridgehead atoms. The molecule has 110 valence electrons. The number of anilines is 1. The summed E-state index contributed by atoms with van der Waals surface area (Å²) in [4.78, 5) is 26.6. The van der Waals surface area contributed by atoms with Crippen molar-refractivity contribution >= 4 is 28.9 Å². The second kappa shape index (κ2) is 6.96. The van der Waals surface area contributed by atoms with Gasteiger partial charge in [-0.3, -0.25) is 9.59 Å². The van der Waals surface area contributed by atoms with Crippen LogP contribution in [-0.4, -0.2) is 28.0 Å². The van der Waals surface area contributed by atoms with Gasteiger partial charge >= 0.3 is 5.97 Å². The van der Waals surface area contributed by atoms with Crippen LogP contribution in [0, 0.1) is 0 Å². The zero-order valence-electron chi connectivity index (χ0n) is 11.2. The van der Waals surface area contributed by atoms with Crippen LogP contribution in [0.1, 0.15) is 12.8 Å². The lowest BCUT2D eigenvalue weighted by molar-refractivity contribution is -0.137. The fraction of sp³-hybridized carbons (Fsp3) is 0.214. The molecule has 7 heteroatoms. The summed E-state index contributed by atoms with van der Waals surface area (Å²) in [6.45, 7) is 0. The van der Waals surface area contributed by atoms with E-state index in [1.165, 1.54) is 11.3 Å². The minimum atomic E-state index is -0.969. The SMILES string of the molecule is NC(CCC(=O)O)C(=O)Nc1cccc(-c2nccs2)c1. The maximum atomic E-state index is 11.9. The van der Waals surface area contributed by atoms with Gasteiger partial charge in [0.25, 0.3) is 0 Å². The second-order valence-corrected chi connectivity index (χ2v) is 5.34. The van der Waals surface area contributed by atoms with Gasteiger partial charge in [-0.25, -0.2) is 4.98 Å². The van der Waals surface area contributed by atoms with Gasteiger partial charge in [-0.2, -0.15) is 0 Å². The highest BCUT2D eigenvalue weighted by Gasteiger charge is 2.15. The molecule has 0 spiro atoms. The molecule has 1 atom stereocenters. The summed E-state index contributed by atoms with van der Waals surface area (Å²) in [5, 5.41) is 14.0. The van der Waals surface area contributed by atoms with E-state index in [1.54, 1.807) is 18.3 Å². The van der Waals surface area contributed by atoms with Crippen LogP contribution in [0.4, 0.5) is 5.69 Å². The molecule has 0 saturated carbocycles. The van der Waals surface area contributed by atoms with Crippen molar-refractivity contribution in [3.63, 3.8) is 0 Å². The number of carbonyl (C=O) groups is 2. The lowest BCUT2D eigenvalue weighted by Gasteiger charge is -2.11. The highest BCUT2D eigenvalue weighted by atomic mass is 32.1. The van der Waals surface area contributed by atoms with Crippen molar-refractivity contribution in [2.45, 2.75) is 18.9 Å². The summed E-state index contributed by atoms with van der Waals surface area (Å²) in [5.41, 5.74) is 7.17. The maximum Gasteiger partial charge on any atom is 0.303 e. The minimum absolute atomic E-state index is 0.105. The van der Waals surface area contributed by atoms with Crippen molar-refractivity contribution in [1.29, 1.82) is 0 Å². The monoisotopic (exact) mass is 305 g/mol. The molecule has 0 aliphatic carbocycles. The van der Waals surface area contributed by atoms with Crippen LogP contribution < -0.4 is 11.1 Å². The van der Waals surface area contributed by atoms with E-state index in [0.29, 0.717) is 5.69 Å². The largest absolute Gasteiger partial charge is 0.481 e. The standard InChI is InChI=1S/C14H15N3O3S/c15-11(4-5-12(18)19)13(20)17-10-3-1-2-9(8-10)14-16-6-7-21-14/h1-3,6-8,11H,4-5,15H2,(H,17,20)(H,18,19). The van der Waals surface area contributed by atoms with E-state index in [9.17, 15) is 9.59 Å². The molecule has 0 aliphatic heterocycles. The number of aliphatic carboxylic acids is 1. The lowest BCUT2D eigenvalue weighted by atomic mass is 10.1. The van der Waals surface area contributed by atoms with Crippen LogP contribution in [-0.2, 0) is 9.59 Å². The predicted molar refractivity (Wildman–Crippen MR) is 81.0 cm³/mol. The molecular weight excluding hydrogens is 290 g/mol. The normalized spacial score (nSPS) is 11.9. The van der Waals surface area contributed by atoms with E-state index in [1.807, 2.05) is 17.5 Å². The summed E-state index contributed by atoms with van der Waals surface area (Å²) in [7, 11) is 0. The van der Waals surface area contributed by atoms with Crippen LogP contribution >= 0.6 is 11.3 Å². The van der Waals surface area contributed by atoms with Crippen LogP contribution in [0.3, 0.4) is 0 Å². The zero-order valence-corrected chi connectivity index (χ0v) is 12.0. The summed E-state index contributed by atoms with van der Waals surface area (Å²) in [5.74, 6) is -1.36. The first-order valence-corrected chi connectivity index (χ1v) is 7.22. The van der Waals surface area contributed by atoms with Crippen molar-refractivity contribution < 1.29 is 14.7 Å². The number of amides is 1. The Labute approximate surface area is 125 Å². The number of thiazole rings is 1. The number of aromatic nitrogens is 1. The van der Waals surface area contributed by atoms with Crippen molar-refractivity contribution in [2.75, 3.05) is 5.32 Å². The van der Waals surface area contributed by atoms with Gasteiger partial charge in [0.05, 0.1) is 6.04 Å². The Kier molecular flexibility index (Phi) is 5.02. The van der Waals surface area contributed by atoms with Crippen molar-refractivity contribution in [1.82, 2.24) is 4.98 Å².